The van der Waals surface area contributed by atoms with E-state index in [4.69, 9.17) is 34.8 Å². The van der Waals surface area contributed by atoms with E-state index in [0.717, 1.165) is 30.0 Å². The van der Waals surface area contributed by atoms with Crippen LogP contribution in [0.2, 0.25) is 15.1 Å². The fourth-order valence-electron chi connectivity index (χ4n) is 3.92. The monoisotopic (exact) mass is 396 g/mol. The van der Waals surface area contributed by atoms with Gasteiger partial charge >= 0.3 is 0 Å². The lowest BCUT2D eigenvalue weighted by Gasteiger charge is -2.45. The molecule has 25 heavy (non-hydrogen) atoms. The molecule has 1 aliphatic carbocycles. The second-order valence-electron chi connectivity index (χ2n) is 6.63. The SMILES string of the molecule is CN[C@]1(c2ccccc2Cl)CCCC[C@H]1NCc1ccc(Cl)c(Cl)c1. The third-order valence-corrected chi connectivity index (χ3v) is 6.31. The highest BCUT2D eigenvalue weighted by atomic mass is 35.5. The lowest BCUT2D eigenvalue weighted by atomic mass is 9.72. The Hall–Kier alpha value is -0.770. The molecule has 2 aromatic carbocycles. The van der Waals surface area contributed by atoms with Crippen molar-refractivity contribution in [3.8, 4) is 0 Å². The Kier molecular flexibility index (Phi) is 6.30. The van der Waals surface area contributed by atoms with E-state index in [1.165, 1.54) is 18.4 Å². The van der Waals surface area contributed by atoms with Gasteiger partial charge in [-0.05, 0) is 49.2 Å². The van der Waals surface area contributed by atoms with E-state index in [1.54, 1.807) is 0 Å². The Labute approximate surface area is 164 Å². The molecular formula is C20H23Cl3N2. The molecule has 0 radical (unpaired) electrons. The van der Waals surface area contributed by atoms with Gasteiger partial charge in [0.1, 0.15) is 0 Å². The molecular weight excluding hydrogens is 375 g/mol. The van der Waals surface area contributed by atoms with Crippen LogP contribution >= 0.6 is 34.8 Å². The molecule has 0 amide bonds. The van der Waals surface area contributed by atoms with Crippen LogP contribution in [0.15, 0.2) is 42.5 Å². The Morgan fingerprint density at radius 2 is 1.80 bits per heavy atom. The number of halogens is 3. The van der Waals surface area contributed by atoms with Gasteiger partial charge in [-0.3, -0.25) is 0 Å². The van der Waals surface area contributed by atoms with Crippen molar-refractivity contribution in [3.63, 3.8) is 0 Å². The first kappa shape index (κ1) is 19.0. The van der Waals surface area contributed by atoms with Crippen molar-refractivity contribution >= 4 is 34.8 Å². The van der Waals surface area contributed by atoms with Gasteiger partial charge in [-0.1, -0.05) is 71.9 Å². The molecule has 2 aromatic rings. The number of hydrogen-bond donors (Lipinski definition) is 2. The Morgan fingerprint density at radius 3 is 2.52 bits per heavy atom. The predicted octanol–water partition coefficient (Wildman–Crippen LogP) is 5.79. The predicted molar refractivity (Wildman–Crippen MR) is 108 cm³/mol. The van der Waals surface area contributed by atoms with E-state index in [0.29, 0.717) is 16.1 Å². The lowest BCUT2D eigenvalue weighted by Crippen LogP contribution is -2.57. The summed E-state index contributed by atoms with van der Waals surface area (Å²) in [5.74, 6) is 0. The van der Waals surface area contributed by atoms with E-state index >= 15 is 0 Å². The Bertz CT molecular complexity index is 735. The van der Waals surface area contributed by atoms with Crippen molar-refractivity contribution in [2.45, 2.75) is 43.8 Å². The third kappa shape index (κ3) is 3.99. The van der Waals surface area contributed by atoms with Gasteiger partial charge in [-0.15, -0.1) is 0 Å². The first-order chi connectivity index (χ1) is 12.1. The Balaban J connectivity index is 1.84. The highest BCUT2D eigenvalue weighted by molar-refractivity contribution is 6.42. The first-order valence-electron chi connectivity index (χ1n) is 8.68. The van der Waals surface area contributed by atoms with Crippen LogP contribution in [0, 0.1) is 0 Å². The van der Waals surface area contributed by atoms with Crippen LogP contribution in [-0.4, -0.2) is 13.1 Å². The zero-order chi connectivity index (χ0) is 17.9. The van der Waals surface area contributed by atoms with Gasteiger partial charge in [0.2, 0.25) is 0 Å². The Morgan fingerprint density at radius 1 is 1.00 bits per heavy atom. The summed E-state index contributed by atoms with van der Waals surface area (Å²) < 4.78 is 0. The summed E-state index contributed by atoms with van der Waals surface area (Å²) in [5, 5.41) is 9.32. The van der Waals surface area contributed by atoms with Gasteiger partial charge in [-0.2, -0.15) is 0 Å². The molecule has 2 nitrogen and oxygen atoms in total. The maximum absolute atomic E-state index is 6.55. The van der Waals surface area contributed by atoms with E-state index < -0.39 is 0 Å². The average Bonchev–Trinajstić information content (AvgIpc) is 2.63. The van der Waals surface area contributed by atoms with E-state index in [-0.39, 0.29) is 5.54 Å². The summed E-state index contributed by atoms with van der Waals surface area (Å²) in [5.41, 5.74) is 2.14. The van der Waals surface area contributed by atoms with Crippen LogP contribution in [0.4, 0.5) is 0 Å². The van der Waals surface area contributed by atoms with Crippen LogP contribution in [0.1, 0.15) is 36.8 Å². The molecule has 2 N–H and O–H groups in total. The summed E-state index contributed by atoms with van der Waals surface area (Å²) in [6.07, 6.45) is 4.57. The van der Waals surface area contributed by atoms with E-state index in [1.807, 2.05) is 37.4 Å². The molecule has 134 valence electrons. The van der Waals surface area contributed by atoms with Crippen LogP contribution in [-0.2, 0) is 12.1 Å². The zero-order valence-electron chi connectivity index (χ0n) is 14.3. The minimum absolute atomic E-state index is 0.160. The maximum atomic E-state index is 6.55. The van der Waals surface area contributed by atoms with Crippen molar-refractivity contribution < 1.29 is 0 Å². The second-order valence-corrected chi connectivity index (χ2v) is 7.85. The molecule has 5 heteroatoms. The lowest BCUT2D eigenvalue weighted by molar-refractivity contribution is 0.177. The molecule has 1 aliphatic rings. The van der Waals surface area contributed by atoms with Gasteiger partial charge in [0.05, 0.1) is 15.6 Å². The van der Waals surface area contributed by atoms with E-state index in [9.17, 15) is 0 Å². The summed E-state index contributed by atoms with van der Waals surface area (Å²) >= 11 is 18.7. The summed E-state index contributed by atoms with van der Waals surface area (Å²) in [7, 11) is 2.03. The van der Waals surface area contributed by atoms with Gasteiger partial charge in [-0.25, -0.2) is 0 Å². The highest BCUT2D eigenvalue weighted by Crippen LogP contribution is 2.40. The van der Waals surface area contributed by atoms with Crippen molar-refractivity contribution in [2.75, 3.05) is 7.05 Å². The molecule has 0 aromatic heterocycles. The van der Waals surface area contributed by atoms with Crippen molar-refractivity contribution in [2.24, 2.45) is 0 Å². The molecule has 1 fully saturated rings. The van der Waals surface area contributed by atoms with Crippen molar-refractivity contribution in [3.05, 3.63) is 68.7 Å². The standard InChI is InChI=1S/C20H23Cl3N2/c1-24-20(15-6-2-3-7-16(15)21)11-5-4-8-19(20)25-13-14-9-10-17(22)18(23)12-14/h2-3,6-7,9-10,12,19,24-25H,4-5,8,11,13H2,1H3/t19-,20+/m1/s1. The van der Waals surface area contributed by atoms with Crippen molar-refractivity contribution in [1.29, 1.82) is 0 Å². The van der Waals surface area contributed by atoms with E-state index in [2.05, 4.69) is 22.8 Å². The molecule has 0 spiro atoms. The molecule has 2 atom stereocenters. The zero-order valence-corrected chi connectivity index (χ0v) is 16.6. The molecule has 0 bridgehead atoms. The average molecular weight is 398 g/mol. The van der Waals surface area contributed by atoms with Crippen LogP contribution in [0.5, 0.6) is 0 Å². The summed E-state index contributed by atoms with van der Waals surface area (Å²) in [4.78, 5) is 0. The number of benzene rings is 2. The van der Waals surface area contributed by atoms with Crippen molar-refractivity contribution in [1.82, 2.24) is 10.6 Å². The number of rotatable bonds is 5. The molecule has 0 unspecified atom stereocenters. The minimum Gasteiger partial charge on any atom is -0.309 e. The minimum atomic E-state index is -0.160. The van der Waals surface area contributed by atoms with Gasteiger partial charge in [0, 0.05) is 17.6 Å². The topological polar surface area (TPSA) is 24.1 Å². The largest absolute Gasteiger partial charge is 0.309 e. The highest BCUT2D eigenvalue weighted by Gasteiger charge is 2.41. The summed E-state index contributed by atoms with van der Waals surface area (Å²) in [6, 6.07) is 14.2. The number of nitrogens with one attached hydrogen (secondary N) is 2. The summed E-state index contributed by atoms with van der Waals surface area (Å²) in [6.45, 7) is 0.745. The number of likely N-dealkylation sites (N-methyl/N-ethyl adjacent to an activating group) is 1. The third-order valence-electron chi connectivity index (χ3n) is 5.25. The van der Waals surface area contributed by atoms with Gasteiger partial charge in [0.25, 0.3) is 0 Å². The first-order valence-corrected chi connectivity index (χ1v) is 9.81. The molecule has 3 rings (SSSR count). The van der Waals surface area contributed by atoms with Crippen LogP contribution in [0.25, 0.3) is 0 Å². The second kappa shape index (κ2) is 8.28. The fraction of sp³-hybridized carbons (Fsp3) is 0.400. The van der Waals surface area contributed by atoms with Crippen LogP contribution < -0.4 is 10.6 Å². The smallest absolute Gasteiger partial charge is 0.0602 e. The van der Waals surface area contributed by atoms with Crippen LogP contribution in [0.3, 0.4) is 0 Å². The molecule has 0 aliphatic heterocycles. The molecule has 0 heterocycles. The molecule has 1 saturated carbocycles. The van der Waals surface area contributed by atoms with Gasteiger partial charge < -0.3 is 10.6 Å². The number of hydrogen-bond acceptors (Lipinski definition) is 2. The molecule has 0 saturated heterocycles. The fourth-order valence-corrected chi connectivity index (χ4v) is 4.54. The maximum Gasteiger partial charge on any atom is 0.0602 e. The normalized spacial score (nSPS) is 23.6. The van der Waals surface area contributed by atoms with Gasteiger partial charge in [0.15, 0.2) is 0 Å². The quantitative estimate of drug-likeness (QED) is 0.667.